The molecule has 0 bridgehead atoms. The number of aryl methyl sites for hydroxylation is 1. The van der Waals surface area contributed by atoms with Gasteiger partial charge in [0, 0.05) is 36.1 Å². The van der Waals surface area contributed by atoms with Crippen molar-refractivity contribution in [1.29, 1.82) is 0 Å². The van der Waals surface area contributed by atoms with Crippen molar-refractivity contribution in [2.24, 2.45) is 0 Å². The number of anilines is 2. The Balaban J connectivity index is 1.48. The molecule has 2 aromatic heterocycles. The summed E-state index contributed by atoms with van der Waals surface area (Å²) in [7, 11) is 1.66. The fourth-order valence-electron chi connectivity index (χ4n) is 3.25. The Bertz CT molecular complexity index is 1180. The molecule has 6 nitrogen and oxygen atoms in total. The standard InChI is InChI=1S/C24H24N4O2S2/c1-4-18-5-7-21(8-6-18)28(17(2)29)24-26-19(16-32-24)15-31-23-25-13-14-27(23)20-9-11-22(30-3)12-10-20/h5-14,16H,4,15H2,1-3H3. The minimum atomic E-state index is -0.0575. The number of nitrogens with zero attached hydrogens (tertiary/aromatic N) is 4. The molecule has 8 heteroatoms. The van der Waals surface area contributed by atoms with E-state index in [9.17, 15) is 4.79 Å². The fourth-order valence-corrected chi connectivity index (χ4v) is 5.11. The van der Waals surface area contributed by atoms with E-state index < -0.39 is 0 Å². The van der Waals surface area contributed by atoms with Crippen molar-refractivity contribution in [3.63, 3.8) is 0 Å². The molecule has 0 radical (unpaired) electrons. The average molecular weight is 465 g/mol. The summed E-state index contributed by atoms with van der Waals surface area (Å²) in [5, 5.41) is 3.55. The smallest absolute Gasteiger partial charge is 0.230 e. The van der Waals surface area contributed by atoms with Crippen molar-refractivity contribution in [2.45, 2.75) is 31.2 Å². The van der Waals surface area contributed by atoms with Crippen LogP contribution in [0.5, 0.6) is 5.75 Å². The molecular weight excluding hydrogens is 440 g/mol. The molecule has 0 aliphatic heterocycles. The summed E-state index contributed by atoms with van der Waals surface area (Å²) in [6.07, 6.45) is 4.69. The van der Waals surface area contributed by atoms with Gasteiger partial charge in [0.05, 0.1) is 18.5 Å². The first-order valence-electron chi connectivity index (χ1n) is 10.2. The lowest BCUT2D eigenvalue weighted by molar-refractivity contribution is -0.115. The van der Waals surface area contributed by atoms with Gasteiger partial charge < -0.3 is 4.74 Å². The van der Waals surface area contributed by atoms with E-state index in [1.807, 2.05) is 52.5 Å². The largest absolute Gasteiger partial charge is 0.497 e. The summed E-state index contributed by atoms with van der Waals surface area (Å²) in [4.78, 5) is 23.2. The van der Waals surface area contributed by atoms with E-state index in [1.165, 1.54) is 16.9 Å². The number of ether oxygens (including phenoxy) is 1. The van der Waals surface area contributed by atoms with Crippen molar-refractivity contribution in [2.75, 3.05) is 12.0 Å². The van der Waals surface area contributed by atoms with Crippen LogP contribution in [0.15, 0.2) is 71.5 Å². The Kier molecular flexibility index (Phi) is 6.92. The van der Waals surface area contributed by atoms with Gasteiger partial charge in [-0.2, -0.15) is 0 Å². The molecule has 0 aliphatic rings. The minimum absolute atomic E-state index is 0.0575. The molecule has 164 valence electrons. The highest BCUT2D eigenvalue weighted by molar-refractivity contribution is 7.98. The third-order valence-corrected chi connectivity index (χ3v) is 6.83. The molecular formula is C24H24N4O2S2. The fraction of sp³-hybridized carbons (Fsp3) is 0.208. The maximum atomic E-state index is 12.4. The van der Waals surface area contributed by atoms with Crippen LogP contribution in [0.1, 0.15) is 25.1 Å². The summed E-state index contributed by atoms with van der Waals surface area (Å²) < 4.78 is 7.28. The SMILES string of the molecule is CCc1ccc(N(C(C)=O)c2nc(CSc3nccn3-c3ccc(OC)cc3)cs2)cc1. The van der Waals surface area contributed by atoms with Crippen molar-refractivity contribution >= 4 is 39.8 Å². The predicted octanol–water partition coefficient (Wildman–Crippen LogP) is 5.88. The number of hydrogen-bond donors (Lipinski definition) is 0. The molecule has 2 aromatic carbocycles. The Morgan fingerprint density at radius 2 is 1.91 bits per heavy atom. The molecule has 32 heavy (non-hydrogen) atoms. The highest BCUT2D eigenvalue weighted by atomic mass is 32.2. The lowest BCUT2D eigenvalue weighted by Gasteiger charge is -2.18. The number of thioether (sulfide) groups is 1. The van der Waals surface area contributed by atoms with E-state index in [0.717, 1.165) is 34.4 Å². The van der Waals surface area contributed by atoms with Gasteiger partial charge in [-0.25, -0.2) is 9.97 Å². The van der Waals surface area contributed by atoms with Crippen molar-refractivity contribution in [1.82, 2.24) is 14.5 Å². The van der Waals surface area contributed by atoms with Gasteiger partial charge in [0.2, 0.25) is 5.91 Å². The third kappa shape index (κ3) is 4.87. The molecule has 1 amide bonds. The van der Waals surface area contributed by atoms with Crippen LogP contribution in [0.4, 0.5) is 10.8 Å². The number of thiazole rings is 1. The Labute approximate surface area is 195 Å². The average Bonchev–Trinajstić information content (AvgIpc) is 3.48. The van der Waals surface area contributed by atoms with Crippen molar-refractivity contribution < 1.29 is 9.53 Å². The lowest BCUT2D eigenvalue weighted by Crippen LogP contribution is -2.22. The minimum Gasteiger partial charge on any atom is -0.497 e. The van der Waals surface area contributed by atoms with E-state index in [4.69, 9.17) is 9.72 Å². The van der Waals surface area contributed by atoms with E-state index in [2.05, 4.69) is 24.0 Å². The van der Waals surface area contributed by atoms with Gasteiger partial charge in [0.15, 0.2) is 10.3 Å². The van der Waals surface area contributed by atoms with Crippen LogP contribution in [0.2, 0.25) is 0 Å². The number of benzene rings is 2. The molecule has 0 N–H and O–H groups in total. The monoisotopic (exact) mass is 464 g/mol. The first-order valence-corrected chi connectivity index (χ1v) is 12.1. The quantitative estimate of drug-likeness (QED) is 0.305. The van der Waals surface area contributed by atoms with Crippen LogP contribution in [-0.4, -0.2) is 27.6 Å². The van der Waals surface area contributed by atoms with Gasteiger partial charge in [-0.15, -0.1) is 11.3 Å². The number of carbonyl (C=O) groups is 1. The Hall–Kier alpha value is -3.10. The van der Waals surface area contributed by atoms with Gasteiger partial charge in [-0.1, -0.05) is 30.8 Å². The number of hydrogen-bond acceptors (Lipinski definition) is 6. The molecule has 4 aromatic rings. The van der Waals surface area contributed by atoms with Gasteiger partial charge in [0.25, 0.3) is 0 Å². The first kappa shape index (κ1) is 22.1. The van der Waals surface area contributed by atoms with E-state index >= 15 is 0 Å². The first-order chi connectivity index (χ1) is 15.6. The number of amides is 1. The molecule has 2 heterocycles. The van der Waals surface area contributed by atoms with E-state index in [0.29, 0.717) is 10.9 Å². The number of rotatable bonds is 8. The van der Waals surface area contributed by atoms with Crippen LogP contribution in [-0.2, 0) is 17.0 Å². The lowest BCUT2D eigenvalue weighted by atomic mass is 10.1. The zero-order valence-corrected chi connectivity index (χ0v) is 19.8. The zero-order chi connectivity index (χ0) is 22.5. The second kappa shape index (κ2) is 10.0. The topological polar surface area (TPSA) is 60.2 Å². The second-order valence-corrected chi connectivity index (χ2v) is 8.84. The van der Waals surface area contributed by atoms with Gasteiger partial charge in [0.1, 0.15) is 5.75 Å². The maximum Gasteiger partial charge on any atom is 0.230 e. The molecule has 0 aliphatic carbocycles. The zero-order valence-electron chi connectivity index (χ0n) is 18.2. The summed E-state index contributed by atoms with van der Waals surface area (Å²) in [5.74, 6) is 1.42. The van der Waals surface area contributed by atoms with Crippen molar-refractivity contribution in [3.05, 3.63) is 77.6 Å². The number of carbonyl (C=O) groups excluding carboxylic acids is 1. The van der Waals surface area contributed by atoms with Gasteiger partial charge in [-0.3, -0.25) is 14.3 Å². The van der Waals surface area contributed by atoms with E-state index in [-0.39, 0.29) is 5.91 Å². The van der Waals surface area contributed by atoms with Gasteiger partial charge >= 0.3 is 0 Å². The number of methoxy groups -OCH3 is 1. The second-order valence-electron chi connectivity index (χ2n) is 7.06. The third-order valence-electron chi connectivity index (χ3n) is 4.96. The summed E-state index contributed by atoms with van der Waals surface area (Å²) >= 11 is 3.08. The molecule has 0 atom stereocenters. The summed E-state index contributed by atoms with van der Waals surface area (Å²) in [6.45, 7) is 3.68. The highest BCUT2D eigenvalue weighted by Gasteiger charge is 2.18. The predicted molar refractivity (Wildman–Crippen MR) is 130 cm³/mol. The molecule has 0 spiro atoms. The molecule has 0 fully saturated rings. The van der Waals surface area contributed by atoms with Crippen LogP contribution < -0.4 is 9.64 Å². The molecule has 0 saturated carbocycles. The van der Waals surface area contributed by atoms with Gasteiger partial charge in [-0.05, 0) is 48.4 Å². The van der Waals surface area contributed by atoms with E-state index in [1.54, 1.807) is 36.9 Å². The normalized spacial score (nSPS) is 10.8. The van der Waals surface area contributed by atoms with Crippen molar-refractivity contribution in [3.8, 4) is 11.4 Å². The molecule has 4 rings (SSSR count). The number of imidazole rings is 1. The summed E-state index contributed by atoms with van der Waals surface area (Å²) in [5.41, 5.74) is 4.00. The van der Waals surface area contributed by atoms with Crippen LogP contribution in [0.3, 0.4) is 0 Å². The Morgan fingerprint density at radius 3 is 2.56 bits per heavy atom. The maximum absolute atomic E-state index is 12.4. The van der Waals surface area contributed by atoms with Crippen LogP contribution in [0.25, 0.3) is 5.69 Å². The van der Waals surface area contributed by atoms with Crippen LogP contribution in [0, 0.1) is 0 Å². The molecule has 0 unspecified atom stereocenters. The highest BCUT2D eigenvalue weighted by Crippen LogP contribution is 2.32. The summed E-state index contributed by atoms with van der Waals surface area (Å²) in [6, 6.07) is 15.9. The number of aromatic nitrogens is 3. The Morgan fingerprint density at radius 1 is 1.16 bits per heavy atom. The van der Waals surface area contributed by atoms with Crippen LogP contribution >= 0.6 is 23.1 Å². The molecule has 0 saturated heterocycles.